The Morgan fingerprint density at radius 2 is 0.933 bits per heavy atom. The Hall–Kier alpha value is -5.80. The number of para-hydroxylation sites is 3. The van der Waals surface area contributed by atoms with Crippen LogP contribution in [0.3, 0.4) is 0 Å². The fraction of sp³-hybridized carbons (Fsp3) is 0. The van der Waals surface area contributed by atoms with Gasteiger partial charge in [-0.3, -0.25) is 0 Å². The summed E-state index contributed by atoms with van der Waals surface area (Å²) in [7, 11) is 0. The zero-order valence-corrected chi connectivity index (χ0v) is 24.4. The van der Waals surface area contributed by atoms with Crippen LogP contribution < -0.4 is 10.9 Å². The van der Waals surface area contributed by atoms with E-state index in [1.54, 1.807) is 0 Å². The zero-order valence-electron chi connectivity index (χ0n) is 24.4. The van der Waals surface area contributed by atoms with E-state index in [4.69, 9.17) is 0 Å². The van der Waals surface area contributed by atoms with Crippen LogP contribution in [0.1, 0.15) is 0 Å². The van der Waals surface area contributed by atoms with Crippen LogP contribution in [0.2, 0.25) is 0 Å². The lowest BCUT2D eigenvalue weighted by Gasteiger charge is -2.32. The van der Waals surface area contributed by atoms with Gasteiger partial charge in [-0.05, 0) is 69.6 Å². The van der Waals surface area contributed by atoms with Gasteiger partial charge in [-0.1, -0.05) is 115 Å². The summed E-state index contributed by atoms with van der Waals surface area (Å²) in [5.41, 5.74) is 16.9. The molecule has 0 aliphatic carbocycles. The van der Waals surface area contributed by atoms with Crippen LogP contribution in [-0.2, 0) is 0 Å². The summed E-state index contributed by atoms with van der Waals surface area (Å²) < 4.78 is 5.02. The number of hydrogen-bond donors (Lipinski definition) is 0. The monoisotopic (exact) mass is 568 g/mol. The predicted molar refractivity (Wildman–Crippen MR) is 191 cm³/mol. The minimum absolute atomic E-state index is 0.177. The van der Waals surface area contributed by atoms with Gasteiger partial charge in [0, 0.05) is 49.4 Å². The maximum atomic E-state index is 2.63. The molecule has 9 aromatic rings. The van der Waals surface area contributed by atoms with Crippen molar-refractivity contribution in [3.8, 4) is 39.1 Å². The van der Waals surface area contributed by atoms with Gasteiger partial charge < -0.3 is 9.05 Å². The van der Waals surface area contributed by atoms with Crippen LogP contribution in [0.5, 0.6) is 0 Å². The maximum absolute atomic E-state index is 2.63. The summed E-state index contributed by atoms with van der Waals surface area (Å²) in [6, 6.07) is 56.3. The van der Waals surface area contributed by atoms with Crippen molar-refractivity contribution >= 4 is 61.4 Å². The molecule has 0 unspecified atom stereocenters. The lowest BCUT2D eigenvalue weighted by atomic mass is 9.45. The normalized spacial score (nSPS) is 12.8. The Morgan fingerprint density at radius 1 is 0.378 bits per heavy atom. The van der Waals surface area contributed by atoms with Crippen molar-refractivity contribution in [1.82, 2.24) is 9.05 Å². The highest BCUT2D eigenvalue weighted by Gasteiger charge is 2.39. The van der Waals surface area contributed by atoms with Crippen LogP contribution in [0.25, 0.3) is 82.7 Å². The van der Waals surface area contributed by atoms with Gasteiger partial charge in [0.1, 0.15) is 0 Å². The van der Waals surface area contributed by atoms with Gasteiger partial charge >= 0.3 is 6.85 Å². The molecule has 0 bridgehead atoms. The van der Waals surface area contributed by atoms with Crippen molar-refractivity contribution < 1.29 is 0 Å². The SMILES string of the molecule is c1ccc2c(c1)B1c3ccccc3-c3cc(-c4ccc(-n5c6ccccc6c6ccccc65)cc4)cc4c5cccc-2c5n1c34. The van der Waals surface area contributed by atoms with Gasteiger partial charge in [-0.25, -0.2) is 0 Å². The average Bonchev–Trinajstić information content (AvgIpc) is 3.63. The van der Waals surface area contributed by atoms with Crippen LogP contribution in [0.15, 0.2) is 152 Å². The highest BCUT2D eigenvalue weighted by Crippen LogP contribution is 2.46. The van der Waals surface area contributed by atoms with Gasteiger partial charge in [-0.2, -0.15) is 0 Å². The van der Waals surface area contributed by atoms with E-state index in [2.05, 4.69) is 161 Å². The Balaban J connectivity index is 1.16. The van der Waals surface area contributed by atoms with Crippen LogP contribution in [0, 0.1) is 0 Å². The van der Waals surface area contributed by atoms with E-state index >= 15 is 0 Å². The molecule has 206 valence electrons. The number of aromatic nitrogens is 2. The third-order valence-electron chi connectivity index (χ3n) is 10.3. The molecule has 0 saturated carbocycles. The molecule has 2 aromatic heterocycles. The van der Waals surface area contributed by atoms with Gasteiger partial charge in [0.15, 0.2) is 0 Å². The first kappa shape index (κ1) is 23.6. The molecule has 11 rings (SSSR count). The molecule has 0 amide bonds. The highest BCUT2D eigenvalue weighted by molar-refractivity contribution is 6.88. The molecule has 0 spiro atoms. The molecule has 0 fully saturated rings. The summed E-state index contributed by atoms with van der Waals surface area (Å²) in [5, 5.41) is 5.24. The van der Waals surface area contributed by atoms with Crippen molar-refractivity contribution in [3.05, 3.63) is 152 Å². The molecule has 0 atom stereocenters. The van der Waals surface area contributed by atoms with Crippen molar-refractivity contribution in [3.63, 3.8) is 0 Å². The number of benzene rings is 7. The second-order valence-corrected chi connectivity index (χ2v) is 12.5. The first-order valence-electron chi connectivity index (χ1n) is 15.7. The van der Waals surface area contributed by atoms with Gasteiger partial charge in [0.2, 0.25) is 0 Å². The molecular weight excluding hydrogens is 543 g/mol. The van der Waals surface area contributed by atoms with Gasteiger partial charge in [0.05, 0.1) is 11.0 Å². The van der Waals surface area contributed by atoms with E-state index in [0.717, 1.165) is 0 Å². The highest BCUT2D eigenvalue weighted by atomic mass is 15.0. The second-order valence-electron chi connectivity index (χ2n) is 12.5. The fourth-order valence-electron chi connectivity index (χ4n) is 8.49. The van der Waals surface area contributed by atoms with Crippen molar-refractivity contribution in [2.75, 3.05) is 0 Å². The first-order chi connectivity index (χ1) is 22.3. The Bertz CT molecular complexity index is 2650. The number of hydrogen-bond acceptors (Lipinski definition) is 0. The number of nitrogens with zero attached hydrogens (tertiary/aromatic N) is 2. The molecular formula is C42H25BN2. The molecule has 7 aromatic carbocycles. The van der Waals surface area contributed by atoms with E-state index < -0.39 is 0 Å². The van der Waals surface area contributed by atoms with E-state index in [9.17, 15) is 0 Å². The third kappa shape index (κ3) is 2.95. The third-order valence-corrected chi connectivity index (χ3v) is 10.3. The van der Waals surface area contributed by atoms with E-state index in [1.165, 1.54) is 93.6 Å². The van der Waals surface area contributed by atoms with Crippen LogP contribution in [0.4, 0.5) is 0 Å². The predicted octanol–water partition coefficient (Wildman–Crippen LogP) is 9.17. The molecule has 0 radical (unpaired) electrons. The molecule has 2 aliphatic heterocycles. The minimum Gasteiger partial charge on any atom is -0.375 e. The van der Waals surface area contributed by atoms with Crippen molar-refractivity contribution in [1.29, 1.82) is 0 Å². The summed E-state index contributed by atoms with van der Waals surface area (Å²) in [4.78, 5) is 0. The summed E-state index contributed by atoms with van der Waals surface area (Å²) >= 11 is 0. The molecule has 2 aliphatic rings. The largest absolute Gasteiger partial charge is 0.375 e. The number of rotatable bonds is 2. The Kier molecular flexibility index (Phi) is 4.43. The molecule has 3 heteroatoms. The summed E-state index contributed by atoms with van der Waals surface area (Å²) in [6.07, 6.45) is 0. The van der Waals surface area contributed by atoms with Gasteiger partial charge in [0.25, 0.3) is 0 Å². The first-order valence-corrected chi connectivity index (χ1v) is 15.7. The van der Waals surface area contributed by atoms with E-state index in [-0.39, 0.29) is 6.85 Å². The molecule has 45 heavy (non-hydrogen) atoms. The lowest BCUT2D eigenvalue weighted by Crippen LogP contribution is -2.53. The van der Waals surface area contributed by atoms with Crippen LogP contribution >= 0.6 is 0 Å². The standard InChI is InChI=1S/C42H25BN2/c1-5-16-37-29(10-1)33-14-9-15-34-36-25-27(24-35-30-11-2-6-17-38(30)43(37)45(41(33)34)42(35)36)26-20-22-28(23-21-26)44-39-18-7-3-12-31(39)32-13-4-8-19-40(32)44/h1-25H. The summed E-state index contributed by atoms with van der Waals surface area (Å²) in [5.74, 6) is 0. The molecule has 4 heterocycles. The quantitative estimate of drug-likeness (QED) is 0.184. The molecule has 0 saturated heterocycles. The smallest absolute Gasteiger partial charge is 0.329 e. The number of fused-ring (bicyclic) bond motifs is 10. The Labute approximate surface area is 260 Å². The minimum atomic E-state index is 0.177. The van der Waals surface area contributed by atoms with E-state index in [1.807, 2.05) is 0 Å². The van der Waals surface area contributed by atoms with E-state index in [0.29, 0.717) is 0 Å². The zero-order chi connectivity index (χ0) is 29.2. The summed E-state index contributed by atoms with van der Waals surface area (Å²) in [6.45, 7) is 0.177. The second kappa shape index (κ2) is 8.43. The van der Waals surface area contributed by atoms with Crippen molar-refractivity contribution in [2.24, 2.45) is 0 Å². The van der Waals surface area contributed by atoms with Gasteiger partial charge in [-0.15, -0.1) is 0 Å². The molecule has 2 nitrogen and oxygen atoms in total. The van der Waals surface area contributed by atoms with Crippen LogP contribution in [-0.4, -0.2) is 15.9 Å². The van der Waals surface area contributed by atoms with Crippen molar-refractivity contribution in [2.45, 2.75) is 0 Å². The lowest BCUT2D eigenvalue weighted by molar-refractivity contribution is 1.18. The fourth-order valence-corrected chi connectivity index (χ4v) is 8.49. The molecule has 0 N–H and O–H groups in total. The Morgan fingerprint density at radius 3 is 1.64 bits per heavy atom. The average molecular weight is 568 g/mol. The maximum Gasteiger partial charge on any atom is 0.329 e. The topological polar surface area (TPSA) is 9.86 Å².